The first-order valence-corrected chi connectivity index (χ1v) is 11.3. The van der Waals surface area contributed by atoms with Crippen LogP contribution in [-0.2, 0) is 0 Å². The van der Waals surface area contributed by atoms with Gasteiger partial charge in [-0.05, 0) is 38.3 Å². The Kier molecular flexibility index (Phi) is 13.0. The smallest absolute Gasteiger partial charge is 0.191 e. The van der Waals surface area contributed by atoms with Crippen LogP contribution in [0.4, 0.5) is 0 Å². The molecule has 27 heavy (non-hydrogen) atoms. The lowest BCUT2D eigenvalue weighted by Crippen LogP contribution is -2.46. The lowest BCUT2D eigenvalue weighted by atomic mass is 10.4. The highest BCUT2D eigenvalue weighted by molar-refractivity contribution is 7.99. The lowest BCUT2D eigenvalue weighted by molar-refractivity contribution is 0.236. The maximum atomic E-state index is 6.37. The van der Waals surface area contributed by atoms with Crippen LogP contribution in [0, 0.1) is 0 Å². The first-order valence-electron chi connectivity index (χ1n) is 10.3. The molecular weight excluding hydrogens is 354 g/mol. The van der Waals surface area contributed by atoms with E-state index < -0.39 is 0 Å². The molecule has 1 rings (SSSR count). The zero-order valence-corrected chi connectivity index (χ0v) is 18.5. The third kappa shape index (κ3) is 10.0. The Bertz CT molecular complexity index is 485. The highest BCUT2D eigenvalue weighted by atomic mass is 32.2. The summed E-state index contributed by atoms with van der Waals surface area (Å²) in [5, 5.41) is 0. The van der Waals surface area contributed by atoms with E-state index in [0.717, 1.165) is 64.7 Å². The molecule has 0 atom stereocenters. The molecule has 0 aliphatic carbocycles. The van der Waals surface area contributed by atoms with Gasteiger partial charge in [0.1, 0.15) is 0 Å². The lowest BCUT2D eigenvalue weighted by Gasteiger charge is -2.29. The number of guanidine groups is 1. The van der Waals surface area contributed by atoms with Crippen molar-refractivity contribution in [1.29, 1.82) is 0 Å². The summed E-state index contributed by atoms with van der Waals surface area (Å²) in [6, 6.07) is 10.5. The third-order valence-electron chi connectivity index (χ3n) is 4.86. The molecule has 0 heterocycles. The fourth-order valence-corrected chi connectivity index (χ4v) is 3.65. The Labute approximate surface area is 171 Å². The predicted molar refractivity (Wildman–Crippen MR) is 121 cm³/mol. The van der Waals surface area contributed by atoms with Crippen LogP contribution < -0.4 is 5.73 Å². The SMILES string of the molecule is CCN(CC)CCN(CCN(CC)CC)C(N)=NCCSc1ccccc1. The van der Waals surface area contributed by atoms with Crippen molar-refractivity contribution in [1.82, 2.24) is 14.7 Å². The van der Waals surface area contributed by atoms with Crippen molar-refractivity contribution in [2.75, 3.05) is 64.7 Å². The number of nitrogens with zero attached hydrogens (tertiary/aromatic N) is 4. The Morgan fingerprint density at radius 3 is 1.85 bits per heavy atom. The van der Waals surface area contributed by atoms with E-state index in [0.29, 0.717) is 5.96 Å². The van der Waals surface area contributed by atoms with Gasteiger partial charge in [0.2, 0.25) is 0 Å². The number of likely N-dealkylation sites (N-methyl/N-ethyl adjacent to an activating group) is 2. The van der Waals surface area contributed by atoms with E-state index in [1.165, 1.54) is 4.90 Å². The summed E-state index contributed by atoms with van der Waals surface area (Å²) in [7, 11) is 0. The van der Waals surface area contributed by atoms with Crippen LogP contribution >= 0.6 is 11.8 Å². The summed E-state index contributed by atoms with van der Waals surface area (Å²) in [5.74, 6) is 1.63. The van der Waals surface area contributed by atoms with Crippen molar-refractivity contribution in [3.05, 3.63) is 30.3 Å². The van der Waals surface area contributed by atoms with Crippen LogP contribution in [0.3, 0.4) is 0 Å². The van der Waals surface area contributed by atoms with Gasteiger partial charge < -0.3 is 20.4 Å². The first-order chi connectivity index (χ1) is 13.1. The largest absolute Gasteiger partial charge is 0.370 e. The molecule has 154 valence electrons. The molecule has 0 radical (unpaired) electrons. The highest BCUT2D eigenvalue weighted by Gasteiger charge is 2.11. The van der Waals surface area contributed by atoms with Crippen molar-refractivity contribution >= 4 is 17.7 Å². The molecule has 0 aliphatic rings. The maximum absolute atomic E-state index is 6.37. The molecule has 0 spiro atoms. The van der Waals surface area contributed by atoms with Gasteiger partial charge in [-0.15, -0.1) is 11.8 Å². The molecule has 0 amide bonds. The topological polar surface area (TPSA) is 48.1 Å². The zero-order valence-electron chi connectivity index (χ0n) is 17.7. The van der Waals surface area contributed by atoms with Gasteiger partial charge in [0, 0.05) is 36.8 Å². The van der Waals surface area contributed by atoms with E-state index in [2.05, 4.69) is 71.7 Å². The van der Waals surface area contributed by atoms with Gasteiger partial charge in [0.05, 0.1) is 6.54 Å². The van der Waals surface area contributed by atoms with Gasteiger partial charge in [-0.25, -0.2) is 0 Å². The van der Waals surface area contributed by atoms with Gasteiger partial charge in [0.15, 0.2) is 5.96 Å². The van der Waals surface area contributed by atoms with Crippen LogP contribution in [0.1, 0.15) is 27.7 Å². The molecule has 0 saturated carbocycles. The Hall–Kier alpha value is -1.24. The second-order valence-electron chi connectivity index (χ2n) is 6.44. The predicted octanol–water partition coefficient (Wildman–Crippen LogP) is 3.08. The van der Waals surface area contributed by atoms with Gasteiger partial charge in [-0.2, -0.15) is 0 Å². The summed E-state index contributed by atoms with van der Waals surface area (Å²) < 4.78 is 0. The number of hydrogen-bond acceptors (Lipinski definition) is 4. The van der Waals surface area contributed by atoms with E-state index >= 15 is 0 Å². The minimum absolute atomic E-state index is 0.683. The minimum atomic E-state index is 0.683. The molecule has 1 aromatic carbocycles. The summed E-state index contributed by atoms with van der Waals surface area (Å²) in [4.78, 5) is 13.1. The average molecular weight is 394 g/mol. The molecule has 1 aromatic rings. The Balaban J connectivity index is 2.55. The maximum Gasteiger partial charge on any atom is 0.191 e. The second-order valence-corrected chi connectivity index (χ2v) is 7.61. The van der Waals surface area contributed by atoms with Gasteiger partial charge >= 0.3 is 0 Å². The van der Waals surface area contributed by atoms with Crippen molar-refractivity contribution in [3.8, 4) is 0 Å². The summed E-state index contributed by atoms with van der Waals surface area (Å²) >= 11 is 1.83. The van der Waals surface area contributed by atoms with Crippen molar-refractivity contribution in [2.45, 2.75) is 32.6 Å². The Morgan fingerprint density at radius 2 is 1.37 bits per heavy atom. The molecule has 0 fully saturated rings. The number of thioether (sulfide) groups is 1. The van der Waals surface area contributed by atoms with Crippen LogP contribution in [0.25, 0.3) is 0 Å². The summed E-state index contributed by atoms with van der Waals surface area (Å²) in [6.07, 6.45) is 0. The number of hydrogen-bond donors (Lipinski definition) is 1. The van der Waals surface area contributed by atoms with Crippen molar-refractivity contribution in [2.24, 2.45) is 10.7 Å². The van der Waals surface area contributed by atoms with Crippen molar-refractivity contribution < 1.29 is 0 Å². The quantitative estimate of drug-likeness (QED) is 0.228. The molecule has 0 bridgehead atoms. The average Bonchev–Trinajstić information content (AvgIpc) is 2.71. The molecule has 2 N–H and O–H groups in total. The normalized spacial score (nSPS) is 12.1. The molecule has 0 aromatic heterocycles. The molecule has 5 nitrogen and oxygen atoms in total. The van der Waals surface area contributed by atoms with Gasteiger partial charge in [0.25, 0.3) is 0 Å². The zero-order chi connectivity index (χ0) is 19.9. The number of nitrogens with two attached hydrogens (primary N) is 1. The van der Waals surface area contributed by atoms with Gasteiger partial charge in [-0.3, -0.25) is 4.99 Å². The standard InChI is InChI=1S/C21H39N5S/c1-5-24(6-2)15-17-26(18-16-25(7-3)8-4)21(22)23-14-19-27-20-12-10-9-11-13-20/h9-13H,5-8,14-19H2,1-4H3,(H2,22,23). The minimum Gasteiger partial charge on any atom is -0.370 e. The first kappa shape index (κ1) is 23.8. The van der Waals surface area contributed by atoms with Crippen LogP contribution in [0.15, 0.2) is 40.2 Å². The van der Waals surface area contributed by atoms with E-state index in [1.54, 1.807) is 0 Å². The summed E-state index contributed by atoms with van der Waals surface area (Å²) in [5.41, 5.74) is 6.37. The van der Waals surface area contributed by atoms with E-state index in [-0.39, 0.29) is 0 Å². The van der Waals surface area contributed by atoms with E-state index in [9.17, 15) is 0 Å². The molecule has 0 unspecified atom stereocenters. The molecule has 0 saturated heterocycles. The monoisotopic (exact) mass is 393 g/mol. The number of rotatable bonds is 14. The number of aliphatic imine (C=N–C) groups is 1. The molecular formula is C21H39N5S. The number of benzene rings is 1. The van der Waals surface area contributed by atoms with Crippen molar-refractivity contribution in [3.63, 3.8) is 0 Å². The fourth-order valence-electron chi connectivity index (χ4n) is 2.89. The highest BCUT2D eigenvalue weighted by Crippen LogP contribution is 2.16. The molecule has 0 aliphatic heterocycles. The third-order valence-corrected chi connectivity index (χ3v) is 5.85. The van der Waals surface area contributed by atoms with Crippen LogP contribution in [0.5, 0.6) is 0 Å². The summed E-state index contributed by atoms with van der Waals surface area (Å²) in [6.45, 7) is 17.8. The fraction of sp³-hybridized carbons (Fsp3) is 0.667. The Morgan fingerprint density at radius 1 is 0.852 bits per heavy atom. The van der Waals surface area contributed by atoms with Crippen LogP contribution in [-0.4, -0.2) is 85.3 Å². The van der Waals surface area contributed by atoms with Crippen LogP contribution in [0.2, 0.25) is 0 Å². The van der Waals surface area contributed by atoms with E-state index in [4.69, 9.17) is 5.73 Å². The molecule has 6 heteroatoms. The van der Waals surface area contributed by atoms with E-state index in [1.807, 2.05) is 17.8 Å². The van der Waals surface area contributed by atoms with Gasteiger partial charge in [-0.1, -0.05) is 45.9 Å². The second kappa shape index (κ2) is 14.8.